The van der Waals surface area contributed by atoms with Crippen molar-refractivity contribution in [1.29, 1.82) is 0 Å². The van der Waals surface area contributed by atoms with Gasteiger partial charge in [0.2, 0.25) is 0 Å². The summed E-state index contributed by atoms with van der Waals surface area (Å²) in [5.41, 5.74) is 20.3. The van der Waals surface area contributed by atoms with Crippen LogP contribution in [0.15, 0.2) is 133 Å². The van der Waals surface area contributed by atoms with E-state index in [2.05, 4.69) is 212 Å². The van der Waals surface area contributed by atoms with Crippen molar-refractivity contribution in [1.82, 2.24) is 9.80 Å². The Labute approximate surface area is 572 Å². The molecule has 2 aliphatic heterocycles. The Morgan fingerprint density at radius 2 is 0.670 bits per heavy atom. The highest BCUT2D eigenvalue weighted by Gasteiger charge is 2.46. The van der Waals surface area contributed by atoms with E-state index in [1.807, 2.05) is 0 Å². The van der Waals surface area contributed by atoms with Crippen LogP contribution in [0.4, 0.5) is 0 Å². The number of hydrogen-bond donors (Lipinski definition) is 0. The van der Waals surface area contributed by atoms with Gasteiger partial charge >= 0.3 is 0 Å². The average molecular weight is 1270 g/mol. The Balaban J connectivity index is 1.02. The summed E-state index contributed by atoms with van der Waals surface area (Å²) in [5, 5.41) is 0. The first-order valence-corrected chi connectivity index (χ1v) is 38.2. The van der Waals surface area contributed by atoms with Crippen LogP contribution in [-0.4, -0.2) is 102 Å². The highest BCUT2D eigenvalue weighted by molar-refractivity contribution is 5.87. The Kier molecular flexibility index (Phi) is 25.6. The fourth-order valence-electron chi connectivity index (χ4n) is 16.9. The van der Waals surface area contributed by atoms with Gasteiger partial charge in [-0.15, -0.1) is 0 Å². The fraction of sp³-hybridized carbons (Fsp3) is 0.591. The van der Waals surface area contributed by atoms with E-state index < -0.39 is 0 Å². The fourth-order valence-corrected chi connectivity index (χ4v) is 16.9. The van der Waals surface area contributed by atoms with Crippen molar-refractivity contribution in [2.75, 3.05) is 92.1 Å². The first-order valence-electron chi connectivity index (χ1n) is 38.2. The summed E-state index contributed by atoms with van der Waals surface area (Å²) in [6.07, 6.45) is 26.4. The molecule has 6 aromatic carbocycles. The van der Waals surface area contributed by atoms with Crippen molar-refractivity contribution in [3.05, 3.63) is 178 Å². The SMILES string of the molecule is CCN(CC)CCCCCCC1(CCCCCCN(CC)CC)c2cc(-c3ccc4c(c3)C(CCCCCCOCC3(CC)COC3)(CCCCCCOCC3(CC)COC3)c3cc(C(C)(C)c5ccccc5)ccc3-4)ccc2-c2ccc(C(C)(C)c3ccccc3)cc21. The van der Waals surface area contributed by atoms with Crippen molar-refractivity contribution in [3.63, 3.8) is 0 Å². The van der Waals surface area contributed by atoms with Crippen molar-refractivity contribution < 1.29 is 18.9 Å². The van der Waals surface area contributed by atoms with Gasteiger partial charge in [0.15, 0.2) is 0 Å². The molecule has 0 N–H and O–H groups in total. The van der Waals surface area contributed by atoms with Crippen molar-refractivity contribution in [2.45, 2.75) is 232 Å². The lowest BCUT2D eigenvalue weighted by Gasteiger charge is -2.40. The smallest absolute Gasteiger partial charge is 0.0566 e. The molecule has 510 valence electrons. The second kappa shape index (κ2) is 33.6. The normalized spacial score (nSPS) is 16.4. The van der Waals surface area contributed by atoms with E-state index in [1.54, 1.807) is 22.3 Å². The summed E-state index contributed by atoms with van der Waals surface area (Å²) in [4.78, 5) is 5.21. The topological polar surface area (TPSA) is 43.4 Å². The van der Waals surface area contributed by atoms with Crippen LogP contribution in [0.2, 0.25) is 0 Å². The summed E-state index contributed by atoms with van der Waals surface area (Å²) in [7, 11) is 0. The molecule has 2 heterocycles. The summed E-state index contributed by atoms with van der Waals surface area (Å²) < 4.78 is 24.1. The van der Waals surface area contributed by atoms with Gasteiger partial charge in [-0.05, 0) is 193 Å². The molecule has 2 aliphatic carbocycles. The third-order valence-corrected chi connectivity index (χ3v) is 24.2. The number of nitrogens with zero attached hydrogens (tertiary/aromatic N) is 2. The van der Waals surface area contributed by atoms with Crippen LogP contribution in [0.1, 0.15) is 255 Å². The molecule has 6 heteroatoms. The van der Waals surface area contributed by atoms with Crippen LogP contribution in [0.3, 0.4) is 0 Å². The molecule has 0 aromatic heterocycles. The molecule has 10 rings (SSSR count). The molecule has 0 bridgehead atoms. The molecule has 0 amide bonds. The quantitative estimate of drug-likeness (QED) is 0.0356. The maximum atomic E-state index is 6.38. The Hall–Kier alpha value is -4.92. The van der Waals surface area contributed by atoms with Gasteiger partial charge in [0.1, 0.15) is 0 Å². The lowest BCUT2D eigenvalue weighted by atomic mass is 9.68. The zero-order valence-electron chi connectivity index (χ0n) is 60.7. The lowest BCUT2D eigenvalue weighted by molar-refractivity contribution is -0.150. The highest BCUT2D eigenvalue weighted by atomic mass is 16.5. The van der Waals surface area contributed by atoms with E-state index in [4.69, 9.17) is 18.9 Å². The first-order chi connectivity index (χ1) is 45.7. The zero-order valence-corrected chi connectivity index (χ0v) is 60.7. The molecule has 94 heavy (non-hydrogen) atoms. The summed E-state index contributed by atoms with van der Waals surface area (Å²) >= 11 is 0. The number of benzene rings is 6. The standard InChI is InChI=1S/C88H124N2O4/c1-11-85(65-93-66-85)63-91-57-37-23-19-33-53-88(54-34-20-24-38-58-92-64-86(12-2)67-94-68-86)80-60-70(44-48-76(80)78-50-46-74(62-82(78)88)84(9,10)72-41-29-26-30-42-72)69-43-47-75-77-49-45-73(83(7,8)71-39-27-25-28-40-71)61-81(77)87(79(75)59-69,51-31-17-21-35-55-89(13-3)14-4)52-32-18-22-36-56-90(15-5)16-6/h25-30,39-50,59-62H,11-24,31-38,51-58,63-68H2,1-10H3. The third-order valence-electron chi connectivity index (χ3n) is 24.2. The minimum atomic E-state index is -0.158. The van der Waals surface area contributed by atoms with E-state index in [-0.39, 0.29) is 32.5 Å². The maximum Gasteiger partial charge on any atom is 0.0566 e. The maximum absolute atomic E-state index is 6.38. The van der Waals surface area contributed by atoms with Gasteiger partial charge in [0.05, 0.1) is 39.6 Å². The van der Waals surface area contributed by atoms with Crippen molar-refractivity contribution in [2.24, 2.45) is 10.8 Å². The second-order valence-electron chi connectivity index (χ2n) is 30.7. The van der Waals surface area contributed by atoms with Crippen molar-refractivity contribution >= 4 is 0 Å². The number of unbranched alkanes of at least 4 members (excludes halogenated alkanes) is 12. The van der Waals surface area contributed by atoms with Crippen LogP contribution < -0.4 is 0 Å². The van der Waals surface area contributed by atoms with Crippen molar-refractivity contribution in [3.8, 4) is 33.4 Å². The van der Waals surface area contributed by atoms with E-state index in [0.29, 0.717) is 0 Å². The highest BCUT2D eigenvalue weighted by Crippen LogP contribution is 2.59. The molecule has 0 saturated carbocycles. The number of rotatable bonds is 43. The molecule has 0 atom stereocenters. The van der Waals surface area contributed by atoms with E-state index in [9.17, 15) is 0 Å². The summed E-state index contributed by atoms with van der Waals surface area (Å²) in [6, 6.07) is 53.5. The van der Waals surface area contributed by atoms with Gasteiger partial charge < -0.3 is 28.7 Å². The van der Waals surface area contributed by atoms with Crippen LogP contribution in [0.25, 0.3) is 33.4 Å². The van der Waals surface area contributed by atoms with E-state index in [0.717, 1.165) is 118 Å². The van der Waals surface area contributed by atoms with Gasteiger partial charge in [-0.1, -0.05) is 268 Å². The van der Waals surface area contributed by atoms with E-state index >= 15 is 0 Å². The summed E-state index contributed by atoms with van der Waals surface area (Å²) in [6.45, 7) is 37.3. The van der Waals surface area contributed by atoms with Gasteiger partial charge in [0.25, 0.3) is 0 Å². The average Bonchev–Trinajstić information content (AvgIpc) is 1.56. The second-order valence-corrected chi connectivity index (χ2v) is 30.7. The minimum absolute atomic E-state index is 0.0813. The van der Waals surface area contributed by atoms with Crippen LogP contribution in [-0.2, 0) is 40.6 Å². The lowest BCUT2D eigenvalue weighted by Crippen LogP contribution is -2.45. The molecule has 4 aliphatic rings. The molecule has 0 unspecified atom stereocenters. The first kappa shape index (κ1) is 71.8. The molecule has 0 radical (unpaired) electrons. The molecule has 2 fully saturated rings. The molecule has 6 nitrogen and oxygen atoms in total. The van der Waals surface area contributed by atoms with Crippen LogP contribution in [0.5, 0.6) is 0 Å². The monoisotopic (exact) mass is 1270 g/mol. The largest absolute Gasteiger partial charge is 0.381 e. The molecule has 6 aromatic rings. The predicted octanol–water partition coefficient (Wildman–Crippen LogP) is 21.9. The third kappa shape index (κ3) is 16.3. The van der Waals surface area contributed by atoms with Gasteiger partial charge in [-0.25, -0.2) is 0 Å². The molecular weight excluding hydrogens is 1150 g/mol. The molecule has 0 spiro atoms. The van der Waals surface area contributed by atoms with Gasteiger partial charge in [0, 0.05) is 45.7 Å². The Morgan fingerprint density at radius 1 is 0.351 bits per heavy atom. The number of ether oxygens (including phenoxy) is 4. The van der Waals surface area contributed by atoms with Crippen LogP contribution >= 0.6 is 0 Å². The van der Waals surface area contributed by atoms with Gasteiger partial charge in [-0.2, -0.15) is 0 Å². The summed E-state index contributed by atoms with van der Waals surface area (Å²) in [5.74, 6) is 0. The zero-order chi connectivity index (χ0) is 66.1. The Bertz CT molecular complexity index is 3200. The number of fused-ring (bicyclic) bond motifs is 6. The Morgan fingerprint density at radius 3 is 0.989 bits per heavy atom. The van der Waals surface area contributed by atoms with Crippen LogP contribution in [0, 0.1) is 10.8 Å². The van der Waals surface area contributed by atoms with E-state index in [1.165, 1.54) is 171 Å². The number of hydrogen-bond acceptors (Lipinski definition) is 6. The molecule has 2 saturated heterocycles. The predicted molar refractivity (Wildman–Crippen MR) is 398 cm³/mol. The van der Waals surface area contributed by atoms with Gasteiger partial charge in [-0.3, -0.25) is 0 Å². The molecular formula is C88H124N2O4. The minimum Gasteiger partial charge on any atom is -0.381 e.